The van der Waals surface area contributed by atoms with Gasteiger partial charge < -0.3 is 4.74 Å². The first-order valence-electron chi connectivity index (χ1n) is 6.10. The summed E-state index contributed by atoms with van der Waals surface area (Å²) >= 11 is 4.59. The maximum atomic E-state index is 11.0. The van der Waals surface area contributed by atoms with E-state index in [4.69, 9.17) is 4.74 Å². The zero-order valence-electron chi connectivity index (χ0n) is 10.5. The van der Waals surface area contributed by atoms with Crippen molar-refractivity contribution in [3.8, 4) is 5.75 Å². The summed E-state index contributed by atoms with van der Waals surface area (Å²) in [6.45, 7) is 3.60. The molecule has 1 aromatic rings. The number of para-hydroxylation sites is 1. The number of hydrogen-bond acceptors (Lipinski definition) is 3. The Bertz CT molecular complexity index is 363. The SMILES string of the molecule is CCCCCC(S)c1ccccc1OC(C)=O. The summed E-state index contributed by atoms with van der Waals surface area (Å²) in [6, 6.07) is 7.61. The van der Waals surface area contributed by atoms with E-state index >= 15 is 0 Å². The second kappa shape index (κ2) is 7.38. The van der Waals surface area contributed by atoms with Gasteiger partial charge in [0.25, 0.3) is 0 Å². The lowest BCUT2D eigenvalue weighted by molar-refractivity contribution is -0.131. The summed E-state index contributed by atoms with van der Waals surface area (Å²) in [7, 11) is 0. The van der Waals surface area contributed by atoms with Gasteiger partial charge in [0, 0.05) is 17.7 Å². The molecule has 0 bridgehead atoms. The van der Waals surface area contributed by atoms with Crippen LogP contribution in [0.15, 0.2) is 24.3 Å². The number of thiol groups is 1. The summed E-state index contributed by atoms with van der Waals surface area (Å²) < 4.78 is 5.18. The molecule has 1 unspecified atom stereocenters. The van der Waals surface area contributed by atoms with E-state index in [1.807, 2.05) is 24.3 Å². The highest BCUT2D eigenvalue weighted by molar-refractivity contribution is 7.80. The van der Waals surface area contributed by atoms with Crippen LogP contribution in [0.1, 0.15) is 50.3 Å². The molecule has 0 fully saturated rings. The van der Waals surface area contributed by atoms with Gasteiger partial charge in [0.2, 0.25) is 0 Å². The topological polar surface area (TPSA) is 26.3 Å². The molecule has 94 valence electrons. The van der Waals surface area contributed by atoms with Gasteiger partial charge in [-0.05, 0) is 12.5 Å². The molecular weight excluding hydrogens is 232 g/mol. The average Bonchev–Trinajstić information content (AvgIpc) is 2.29. The molecule has 3 heteroatoms. The molecule has 0 saturated heterocycles. The van der Waals surface area contributed by atoms with Crippen LogP contribution in [-0.2, 0) is 4.79 Å². The first kappa shape index (κ1) is 14.1. The van der Waals surface area contributed by atoms with Crippen molar-refractivity contribution in [3.63, 3.8) is 0 Å². The van der Waals surface area contributed by atoms with Crippen molar-refractivity contribution in [3.05, 3.63) is 29.8 Å². The third-order valence-electron chi connectivity index (χ3n) is 2.61. The van der Waals surface area contributed by atoms with Gasteiger partial charge in [0.05, 0.1) is 0 Å². The second-order valence-electron chi connectivity index (χ2n) is 4.14. The van der Waals surface area contributed by atoms with Crippen molar-refractivity contribution in [2.45, 2.75) is 44.8 Å². The van der Waals surface area contributed by atoms with Gasteiger partial charge in [0.15, 0.2) is 0 Å². The summed E-state index contributed by atoms with van der Waals surface area (Å²) in [6.07, 6.45) is 4.58. The minimum absolute atomic E-state index is 0.136. The van der Waals surface area contributed by atoms with E-state index < -0.39 is 0 Å². The van der Waals surface area contributed by atoms with Gasteiger partial charge in [-0.15, -0.1) is 0 Å². The van der Waals surface area contributed by atoms with E-state index in [2.05, 4.69) is 19.6 Å². The Labute approximate surface area is 109 Å². The standard InChI is InChI=1S/C14H20O2S/c1-3-4-5-10-14(17)12-8-6-7-9-13(12)16-11(2)15/h6-9,14,17H,3-5,10H2,1-2H3. The second-order valence-corrected chi connectivity index (χ2v) is 4.77. The number of esters is 1. The zero-order valence-corrected chi connectivity index (χ0v) is 11.4. The molecule has 1 aromatic carbocycles. The molecule has 0 N–H and O–H groups in total. The fourth-order valence-corrected chi connectivity index (χ4v) is 2.14. The van der Waals surface area contributed by atoms with Gasteiger partial charge >= 0.3 is 5.97 Å². The molecule has 0 spiro atoms. The van der Waals surface area contributed by atoms with Crippen LogP contribution in [0.2, 0.25) is 0 Å². The van der Waals surface area contributed by atoms with Crippen LogP contribution in [0.5, 0.6) is 5.75 Å². The normalized spacial score (nSPS) is 12.2. The summed E-state index contributed by atoms with van der Waals surface area (Å²) in [5.74, 6) is 0.350. The van der Waals surface area contributed by atoms with Crippen LogP contribution in [0, 0.1) is 0 Å². The van der Waals surface area contributed by atoms with Crippen molar-refractivity contribution in [1.29, 1.82) is 0 Å². The maximum Gasteiger partial charge on any atom is 0.308 e. The number of rotatable bonds is 6. The molecule has 0 heterocycles. The first-order valence-corrected chi connectivity index (χ1v) is 6.62. The molecule has 17 heavy (non-hydrogen) atoms. The number of unbranched alkanes of at least 4 members (excludes halogenated alkanes) is 2. The highest BCUT2D eigenvalue weighted by Gasteiger charge is 2.12. The molecule has 1 rings (SSSR count). The van der Waals surface area contributed by atoms with E-state index in [0.717, 1.165) is 18.4 Å². The maximum absolute atomic E-state index is 11.0. The number of carbonyl (C=O) groups is 1. The van der Waals surface area contributed by atoms with Crippen LogP contribution in [-0.4, -0.2) is 5.97 Å². The number of carbonyl (C=O) groups excluding carboxylic acids is 1. The third kappa shape index (κ3) is 4.82. The number of ether oxygens (including phenoxy) is 1. The largest absolute Gasteiger partial charge is 0.426 e. The predicted octanol–water partition coefficient (Wildman–Crippen LogP) is 4.16. The van der Waals surface area contributed by atoms with Crippen LogP contribution in [0.3, 0.4) is 0 Å². The molecule has 0 amide bonds. The molecule has 0 saturated carbocycles. The third-order valence-corrected chi connectivity index (χ3v) is 3.15. The van der Waals surface area contributed by atoms with Gasteiger partial charge in [-0.25, -0.2) is 0 Å². The van der Waals surface area contributed by atoms with Crippen molar-refractivity contribution in [1.82, 2.24) is 0 Å². The van der Waals surface area contributed by atoms with Crippen molar-refractivity contribution >= 4 is 18.6 Å². The van der Waals surface area contributed by atoms with E-state index in [-0.39, 0.29) is 11.2 Å². The first-order chi connectivity index (χ1) is 8.15. The Balaban J connectivity index is 2.70. The lowest BCUT2D eigenvalue weighted by Gasteiger charge is -2.14. The molecular formula is C14H20O2S. The summed E-state index contributed by atoms with van der Waals surface area (Å²) in [4.78, 5) is 11.0. The monoisotopic (exact) mass is 252 g/mol. The van der Waals surface area contributed by atoms with Crippen LogP contribution in [0.4, 0.5) is 0 Å². The minimum Gasteiger partial charge on any atom is -0.426 e. The fourth-order valence-electron chi connectivity index (χ4n) is 1.75. The molecule has 0 aliphatic carbocycles. The highest BCUT2D eigenvalue weighted by Crippen LogP contribution is 2.33. The molecule has 1 atom stereocenters. The molecule has 0 aliphatic rings. The quantitative estimate of drug-likeness (QED) is 0.356. The molecule has 0 radical (unpaired) electrons. The average molecular weight is 252 g/mol. The predicted molar refractivity (Wildman–Crippen MR) is 73.6 cm³/mol. The van der Waals surface area contributed by atoms with Crippen LogP contribution in [0.25, 0.3) is 0 Å². The molecule has 2 nitrogen and oxygen atoms in total. The van der Waals surface area contributed by atoms with Gasteiger partial charge in [-0.1, -0.05) is 44.4 Å². The van der Waals surface area contributed by atoms with Gasteiger partial charge in [0.1, 0.15) is 5.75 Å². The van der Waals surface area contributed by atoms with Crippen molar-refractivity contribution < 1.29 is 9.53 Å². The Hall–Kier alpha value is -0.960. The fraction of sp³-hybridized carbons (Fsp3) is 0.500. The Kier molecular flexibility index (Phi) is 6.12. The van der Waals surface area contributed by atoms with Crippen LogP contribution >= 0.6 is 12.6 Å². The molecule has 0 aliphatic heterocycles. The number of benzene rings is 1. The van der Waals surface area contributed by atoms with Crippen LogP contribution < -0.4 is 4.74 Å². The molecule has 0 aromatic heterocycles. The van der Waals surface area contributed by atoms with Gasteiger partial charge in [-0.2, -0.15) is 12.6 Å². The summed E-state index contributed by atoms with van der Waals surface area (Å²) in [5.41, 5.74) is 1.00. The lowest BCUT2D eigenvalue weighted by Crippen LogP contribution is -2.05. The van der Waals surface area contributed by atoms with E-state index in [1.165, 1.54) is 19.8 Å². The number of hydrogen-bond donors (Lipinski definition) is 1. The summed E-state index contributed by atoms with van der Waals surface area (Å²) in [5, 5.41) is 0.136. The van der Waals surface area contributed by atoms with Gasteiger partial charge in [-0.3, -0.25) is 4.79 Å². The lowest BCUT2D eigenvalue weighted by atomic mass is 10.0. The van der Waals surface area contributed by atoms with E-state index in [0.29, 0.717) is 5.75 Å². The Morgan fingerprint density at radius 2 is 2.06 bits per heavy atom. The van der Waals surface area contributed by atoms with E-state index in [1.54, 1.807) is 0 Å². The smallest absolute Gasteiger partial charge is 0.308 e. The zero-order chi connectivity index (χ0) is 12.7. The Morgan fingerprint density at radius 3 is 2.71 bits per heavy atom. The van der Waals surface area contributed by atoms with Crippen molar-refractivity contribution in [2.24, 2.45) is 0 Å². The minimum atomic E-state index is -0.286. The van der Waals surface area contributed by atoms with Crippen molar-refractivity contribution in [2.75, 3.05) is 0 Å². The highest BCUT2D eigenvalue weighted by atomic mass is 32.1. The Morgan fingerprint density at radius 1 is 1.35 bits per heavy atom. The van der Waals surface area contributed by atoms with E-state index in [9.17, 15) is 4.79 Å².